The Kier molecular flexibility index (Phi) is 6.92. The van der Waals surface area contributed by atoms with E-state index in [-0.39, 0.29) is 17.4 Å². The molecule has 2 saturated heterocycles. The summed E-state index contributed by atoms with van der Waals surface area (Å²) in [6.45, 7) is 2.90. The van der Waals surface area contributed by atoms with Gasteiger partial charge in [0.25, 0.3) is 5.91 Å². The van der Waals surface area contributed by atoms with Crippen molar-refractivity contribution in [2.45, 2.75) is 44.1 Å². The van der Waals surface area contributed by atoms with Gasteiger partial charge in [-0.2, -0.15) is 0 Å². The molecule has 164 valence electrons. The van der Waals surface area contributed by atoms with Crippen LogP contribution in [0.3, 0.4) is 0 Å². The first kappa shape index (κ1) is 21.4. The Balaban J connectivity index is 1.22. The van der Waals surface area contributed by atoms with E-state index in [1.54, 1.807) is 36.9 Å². The maximum atomic E-state index is 12.6. The Morgan fingerprint density at radius 2 is 1.94 bits per heavy atom. The minimum absolute atomic E-state index is 0.0513. The minimum atomic E-state index is -0.122. The van der Waals surface area contributed by atoms with Crippen LogP contribution in [0.25, 0.3) is 0 Å². The maximum absolute atomic E-state index is 12.6. The number of nitrogens with zero attached hydrogens (tertiary/aromatic N) is 3. The molecule has 4 rings (SSSR count). The van der Waals surface area contributed by atoms with Crippen molar-refractivity contribution >= 4 is 11.8 Å². The quantitative estimate of drug-likeness (QED) is 0.774. The third-order valence-electron chi connectivity index (χ3n) is 6.48. The highest BCUT2D eigenvalue weighted by Gasteiger charge is 2.40. The molecule has 1 N–H and O–H groups in total. The lowest BCUT2D eigenvalue weighted by Crippen LogP contribution is -2.51. The number of likely N-dealkylation sites (tertiary alicyclic amines) is 1. The van der Waals surface area contributed by atoms with Gasteiger partial charge in [0.15, 0.2) is 0 Å². The fourth-order valence-corrected chi connectivity index (χ4v) is 4.67. The van der Waals surface area contributed by atoms with Gasteiger partial charge in [0.2, 0.25) is 5.91 Å². The Morgan fingerprint density at radius 1 is 1.13 bits per heavy atom. The highest BCUT2D eigenvalue weighted by Crippen LogP contribution is 2.38. The number of ether oxygens (including phenoxy) is 1. The lowest BCUT2D eigenvalue weighted by Gasteiger charge is -2.46. The summed E-state index contributed by atoms with van der Waals surface area (Å²) >= 11 is 0. The monoisotopic (exact) mass is 422 g/mol. The molecule has 0 aromatic carbocycles. The van der Waals surface area contributed by atoms with E-state index in [0.717, 1.165) is 57.4 Å². The van der Waals surface area contributed by atoms with Crippen molar-refractivity contribution in [3.8, 4) is 0 Å². The minimum Gasteiger partial charge on any atom is -0.375 e. The summed E-state index contributed by atoms with van der Waals surface area (Å²) in [5.41, 5.74) is 1.47. The van der Waals surface area contributed by atoms with Crippen molar-refractivity contribution in [1.82, 2.24) is 20.2 Å². The average Bonchev–Trinajstić information content (AvgIpc) is 2.81. The summed E-state index contributed by atoms with van der Waals surface area (Å²) in [7, 11) is 0. The molecular weight excluding hydrogens is 392 g/mol. The number of aromatic nitrogens is 2. The number of amides is 2. The van der Waals surface area contributed by atoms with Crippen LogP contribution in [0, 0.1) is 5.92 Å². The molecule has 2 aliphatic heterocycles. The van der Waals surface area contributed by atoms with E-state index in [0.29, 0.717) is 24.4 Å². The lowest BCUT2D eigenvalue weighted by atomic mass is 9.78. The lowest BCUT2D eigenvalue weighted by molar-refractivity contribution is -0.146. The molecule has 7 nitrogen and oxygen atoms in total. The number of hydrogen-bond donors (Lipinski definition) is 1. The van der Waals surface area contributed by atoms with E-state index in [4.69, 9.17) is 4.74 Å². The molecule has 31 heavy (non-hydrogen) atoms. The van der Waals surface area contributed by atoms with Gasteiger partial charge in [-0.3, -0.25) is 19.6 Å². The fourth-order valence-electron chi connectivity index (χ4n) is 4.67. The van der Waals surface area contributed by atoms with E-state index in [1.807, 2.05) is 17.0 Å². The number of nitrogens with one attached hydrogen (secondary N) is 1. The second kappa shape index (κ2) is 10.0. The van der Waals surface area contributed by atoms with Crippen LogP contribution in [-0.4, -0.2) is 58.5 Å². The number of hydrogen-bond acceptors (Lipinski definition) is 5. The van der Waals surface area contributed by atoms with Crippen LogP contribution in [0.4, 0.5) is 0 Å². The molecule has 7 heteroatoms. The van der Waals surface area contributed by atoms with Crippen molar-refractivity contribution in [2.75, 3.05) is 26.2 Å². The van der Waals surface area contributed by atoms with Gasteiger partial charge >= 0.3 is 0 Å². The molecule has 1 atom stereocenters. The molecule has 0 radical (unpaired) electrons. The first-order valence-electron chi connectivity index (χ1n) is 11.1. The molecule has 0 bridgehead atoms. The summed E-state index contributed by atoms with van der Waals surface area (Å²) in [6, 6.07) is 7.26. The Morgan fingerprint density at radius 3 is 2.68 bits per heavy atom. The molecule has 4 heterocycles. The summed E-state index contributed by atoms with van der Waals surface area (Å²) in [5.74, 6) is 0.641. The van der Waals surface area contributed by atoms with Gasteiger partial charge in [0.1, 0.15) is 0 Å². The van der Waals surface area contributed by atoms with E-state index in [2.05, 4.69) is 15.3 Å². The predicted octanol–water partition coefficient (Wildman–Crippen LogP) is 2.63. The number of carbonyl (C=O) groups is 2. The van der Waals surface area contributed by atoms with Crippen molar-refractivity contribution in [1.29, 1.82) is 0 Å². The molecule has 1 unspecified atom stereocenters. The Hall–Kier alpha value is -2.80. The molecule has 2 amide bonds. The van der Waals surface area contributed by atoms with Crippen molar-refractivity contribution < 1.29 is 14.3 Å². The average molecular weight is 423 g/mol. The predicted molar refractivity (Wildman–Crippen MR) is 116 cm³/mol. The molecule has 0 aliphatic carbocycles. The van der Waals surface area contributed by atoms with Gasteiger partial charge in [-0.15, -0.1) is 0 Å². The van der Waals surface area contributed by atoms with Crippen LogP contribution >= 0.6 is 0 Å². The van der Waals surface area contributed by atoms with Gasteiger partial charge < -0.3 is 15.0 Å². The normalized spacial score (nSPS) is 20.4. The van der Waals surface area contributed by atoms with Gasteiger partial charge in [-0.05, 0) is 61.8 Å². The Bertz CT molecular complexity index is 867. The molecule has 2 aliphatic rings. The second-order valence-electron chi connectivity index (χ2n) is 8.59. The van der Waals surface area contributed by atoms with E-state index < -0.39 is 0 Å². The highest BCUT2D eigenvalue weighted by molar-refractivity contribution is 5.93. The number of rotatable bonds is 6. The van der Waals surface area contributed by atoms with E-state index >= 15 is 0 Å². The maximum Gasteiger partial charge on any atom is 0.251 e. The zero-order valence-electron chi connectivity index (χ0n) is 17.8. The van der Waals surface area contributed by atoms with Crippen LogP contribution in [-0.2, 0) is 16.0 Å². The van der Waals surface area contributed by atoms with Gasteiger partial charge in [-0.25, -0.2) is 0 Å². The van der Waals surface area contributed by atoms with Crippen molar-refractivity contribution in [3.05, 3.63) is 60.2 Å². The first-order chi connectivity index (χ1) is 15.1. The summed E-state index contributed by atoms with van der Waals surface area (Å²) in [4.78, 5) is 34.8. The number of piperidine rings is 1. The zero-order valence-corrected chi connectivity index (χ0v) is 17.8. The molecular formula is C24H30N4O3. The van der Waals surface area contributed by atoms with Crippen LogP contribution in [0.1, 0.15) is 48.0 Å². The van der Waals surface area contributed by atoms with E-state index in [1.165, 1.54) is 0 Å². The number of pyridine rings is 2. The van der Waals surface area contributed by atoms with E-state index in [9.17, 15) is 9.59 Å². The first-order valence-corrected chi connectivity index (χ1v) is 11.1. The summed E-state index contributed by atoms with van der Waals surface area (Å²) in [5, 5.41) is 3.02. The van der Waals surface area contributed by atoms with Crippen LogP contribution in [0.5, 0.6) is 0 Å². The third-order valence-corrected chi connectivity index (χ3v) is 6.48. The fraction of sp³-hybridized carbons (Fsp3) is 0.500. The van der Waals surface area contributed by atoms with Gasteiger partial charge in [0.05, 0.1) is 12.0 Å². The zero-order chi connectivity index (χ0) is 21.5. The van der Waals surface area contributed by atoms with Crippen LogP contribution < -0.4 is 5.32 Å². The topological polar surface area (TPSA) is 84.4 Å². The summed E-state index contributed by atoms with van der Waals surface area (Å²) in [6.07, 6.45) is 11.9. The molecule has 2 aromatic heterocycles. The van der Waals surface area contributed by atoms with Crippen LogP contribution in [0.2, 0.25) is 0 Å². The summed E-state index contributed by atoms with van der Waals surface area (Å²) < 4.78 is 6.24. The highest BCUT2D eigenvalue weighted by atomic mass is 16.5. The molecule has 0 saturated carbocycles. The second-order valence-corrected chi connectivity index (χ2v) is 8.59. The SMILES string of the molecule is O=C(NCCC1CCOC2(CCN(C(=O)Cc3cccnc3)CC2)C1)c1ccncc1. The standard InChI is InChI=1S/C24H30N4O3/c29-22(16-20-2-1-9-26-18-20)28-13-7-24(8-14-28)17-19(6-15-31-24)3-12-27-23(30)21-4-10-25-11-5-21/h1-2,4-5,9-11,18-19H,3,6-8,12-17H2,(H,27,30). The van der Waals surface area contributed by atoms with Crippen LogP contribution in [0.15, 0.2) is 49.1 Å². The van der Waals surface area contributed by atoms with Crippen molar-refractivity contribution in [2.24, 2.45) is 5.92 Å². The Labute approximate surface area is 183 Å². The van der Waals surface area contributed by atoms with Crippen molar-refractivity contribution in [3.63, 3.8) is 0 Å². The third kappa shape index (κ3) is 5.67. The smallest absolute Gasteiger partial charge is 0.251 e. The largest absolute Gasteiger partial charge is 0.375 e. The molecule has 1 spiro atoms. The number of carbonyl (C=O) groups excluding carboxylic acids is 2. The van der Waals surface area contributed by atoms with Gasteiger partial charge in [-0.1, -0.05) is 6.07 Å². The molecule has 2 aromatic rings. The van der Waals surface area contributed by atoms with Gasteiger partial charge in [0, 0.05) is 56.6 Å². The molecule has 2 fully saturated rings.